The third-order valence-electron chi connectivity index (χ3n) is 3.56. The summed E-state index contributed by atoms with van der Waals surface area (Å²) in [5, 5.41) is 0. The number of hydrogen-bond acceptors (Lipinski definition) is 3. The number of ether oxygens (including phenoxy) is 1. The predicted molar refractivity (Wildman–Crippen MR) is 51.9 cm³/mol. The minimum absolute atomic E-state index is 0.382. The zero-order valence-corrected chi connectivity index (χ0v) is 8.33. The molecule has 3 atom stereocenters. The van der Waals surface area contributed by atoms with Crippen LogP contribution in [0.15, 0.2) is 0 Å². The van der Waals surface area contributed by atoms with E-state index in [0.717, 1.165) is 31.0 Å². The van der Waals surface area contributed by atoms with Crippen LogP contribution in [-0.2, 0) is 4.74 Å². The molecule has 0 aromatic rings. The Morgan fingerprint density at radius 3 is 2.62 bits per heavy atom. The van der Waals surface area contributed by atoms with Crippen molar-refractivity contribution in [3.63, 3.8) is 0 Å². The molecule has 76 valence electrons. The molecule has 0 bridgehead atoms. The van der Waals surface area contributed by atoms with E-state index in [9.17, 15) is 0 Å². The molecule has 2 fully saturated rings. The summed E-state index contributed by atoms with van der Waals surface area (Å²) in [5.41, 5.74) is 2.89. The van der Waals surface area contributed by atoms with Gasteiger partial charge in [-0.15, -0.1) is 0 Å². The summed E-state index contributed by atoms with van der Waals surface area (Å²) in [6.45, 7) is 3.59. The van der Waals surface area contributed by atoms with E-state index >= 15 is 0 Å². The molecule has 3 nitrogen and oxygen atoms in total. The van der Waals surface area contributed by atoms with E-state index in [1.807, 2.05) is 6.92 Å². The first kappa shape index (κ1) is 9.44. The van der Waals surface area contributed by atoms with E-state index in [0.29, 0.717) is 6.04 Å². The van der Waals surface area contributed by atoms with Gasteiger partial charge in [-0.3, -0.25) is 11.3 Å². The molecule has 3 N–H and O–H groups in total. The lowest BCUT2D eigenvalue weighted by atomic mass is 9.95. The largest absolute Gasteiger partial charge is 0.380 e. The maximum Gasteiger partial charge on any atom is 0.0635 e. The molecular weight excluding hydrogens is 164 g/mol. The molecule has 0 heterocycles. The first-order chi connectivity index (χ1) is 6.35. The molecule has 0 aliphatic heterocycles. The number of hydrazine groups is 1. The number of fused-ring (bicyclic) bond motifs is 1. The van der Waals surface area contributed by atoms with Crippen LogP contribution in [0, 0.1) is 17.8 Å². The fraction of sp³-hybridized carbons (Fsp3) is 1.00. The molecule has 3 unspecified atom stereocenters. The van der Waals surface area contributed by atoms with E-state index in [2.05, 4.69) is 5.43 Å². The quantitative estimate of drug-likeness (QED) is 0.493. The summed E-state index contributed by atoms with van der Waals surface area (Å²) < 4.78 is 5.41. The van der Waals surface area contributed by atoms with Crippen LogP contribution < -0.4 is 11.3 Å². The second-order valence-electron chi connectivity index (χ2n) is 4.42. The zero-order chi connectivity index (χ0) is 9.26. The Morgan fingerprint density at radius 2 is 2.08 bits per heavy atom. The highest BCUT2D eigenvalue weighted by molar-refractivity contribution is 4.98. The van der Waals surface area contributed by atoms with Crippen LogP contribution in [0.3, 0.4) is 0 Å². The van der Waals surface area contributed by atoms with Gasteiger partial charge < -0.3 is 4.74 Å². The van der Waals surface area contributed by atoms with Crippen LogP contribution in [0.4, 0.5) is 0 Å². The minimum atomic E-state index is 0.382. The fourth-order valence-corrected chi connectivity index (χ4v) is 2.66. The number of rotatable bonds is 5. The van der Waals surface area contributed by atoms with Crippen LogP contribution in [0.1, 0.15) is 26.2 Å². The van der Waals surface area contributed by atoms with Gasteiger partial charge in [0, 0.05) is 12.6 Å². The number of hydrogen-bond donors (Lipinski definition) is 2. The van der Waals surface area contributed by atoms with Crippen molar-refractivity contribution in [2.45, 2.75) is 32.2 Å². The molecule has 0 amide bonds. The van der Waals surface area contributed by atoms with Gasteiger partial charge in [0.25, 0.3) is 0 Å². The van der Waals surface area contributed by atoms with Gasteiger partial charge >= 0.3 is 0 Å². The van der Waals surface area contributed by atoms with Crippen molar-refractivity contribution >= 4 is 0 Å². The summed E-state index contributed by atoms with van der Waals surface area (Å²) in [7, 11) is 0. The van der Waals surface area contributed by atoms with E-state index < -0.39 is 0 Å². The van der Waals surface area contributed by atoms with Gasteiger partial charge in [0.05, 0.1) is 6.61 Å². The zero-order valence-electron chi connectivity index (χ0n) is 8.33. The van der Waals surface area contributed by atoms with E-state index in [-0.39, 0.29) is 0 Å². The summed E-state index contributed by atoms with van der Waals surface area (Å²) in [5.74, 6) is 8.35. The molecule has 2 rings (SSSR count). The van der Waals surface area contributed by atoms with Gasteiger partial charge in [-0.25, -0.2) is 0 Å². The highest BCUT2D eigenvalue weighted by atomic mass is 16.5. The van der Waals surface area contributed by atoms with Crippen molar-refractivity contribution in [2.75, 3.05) is 13.2 Å². The van der Waals surface area contributed by atoms with Gasteiger partial charge in [-0.2, -0.15) is 0 Å². The number of nitrogens with two attached hydrogens (primary N) is 1. The van der Waals surface area contributed by atoms with Gasteiger partial charge in [-0.1, -0.05) is 0 Å². The highest BCUT2D eigenvalue weighted by Crippen LogP contribution is 2.55. The van der Waals surface area contributed by atoms with Gasteiger partial charge in [0.15, 0.2) is 0 Å². The second-order valence-corrected chi connectivity index (χ2v) is 4.42. The van der Waals surface area contributed by atoms with E-state index in [4.69, 9.17) is 10.6 Å². The highest BCUT2D eigenvalue weighted by Gasteiger charge is 2.47. The van der Waals surface area contributed by atoms with Crippen molar-refractivity contribution in [1.29, 1.82) is 0 Å². The summed E-state index contributed by atoms with van der Waals surface area (Å²) in [4.78, 5) is 0. The monoisotopic (exact) mass is 184 g/mol. The normalized spacial score (nSPS) is 38.8. The van der Waals surface area contributed by atoms with Crippen LogP contribution in [-0.4, -0.2) is 19.3 Å². The molecule has 2 aliphatic carbocycles. The third kappa shape index (κ3) is 2.03. The Labute approximate surface area is 80.0 Å². The SMILES string of the molecule is CCOCC(NN)C1CC2CC2C1. The molecule has 3 heteroatoms. The first-order valence-electron chi connectivity index (χ1n) is 5.39. The van der Waals surface area contributed by atoms with Crippen LogP contribution in [0.25, 0.3) is 0 Å². The van der Waals surface area contributed by atoms with Crippen molar-refractivity contribution in [3.05, 3.63) is 0 Å². The Hall–Kier alpha value is -0.120. The molecule has 2 aliphatic rings. The standard InChI is InChI=1S/C10H20N2O/c1-2-13-6-10(12-11)9-4-7-3-8(7)5-9/h7-10,12H,2-6,11H2,1H3. The molecule has 13 heavy (non-hydrogen) atoms. The average Bonchev–Trinajstić information content (AvgIpc) is 2.75. The summed E-state index contributed by atoms with van der Waals surface area (Å²) in [6.07, 6.45) is 4.21. The van der Waals surface area contributed by atoms with Gasteiger partial charge in [0.2, 0.25) is 0 Å². The topological polar surface area (TPSA) is 47.3 Å². The molecule has 0 saturated heterocycles. The first-order valence-corrected chi connectivity index (χ1v) is 5.39. The molecule has 2 saturated carbocycles. The Morgan fingerprint density at radius 1 is 1.38 bits per heavy atom. The second kappa shape index (κ2) is 3.95. The summed E-state index contributed by atoms with van der Waals surface area (Å²) >= 11 is 0. The maximum absolute atomic E-state index is 5.52. The van der Waals surface area contributed by atoms with Crippen LogP contribution in [0.2, 0.25) is 0 Å². The van der Waals surface area contributed by atoms with Crippen molar-refractivity contribution in [2.24, 2.45) is 23.6 Å². The average molecular weight is 184 g/mol. The predicted octanol–water partition coefficient (Wildman–Crippen LogP) is 0.901. The van der Waals surface area contributed by atoms with Crippen molar-refractivity contribution in [1.82, 2.24) is 5.43 Å². The Bertz CT molecular complexity index is 164. The molecule has 0 aromatic carbocycles. The summed E-state index contributed by atoms with van der Waals surface area (Å²) in [6, 6.07) is 0.382. The lowest BCUT2D eigenvalue weighted by molar-refractivity contribution is 0.101. The minimum Gasteiger partial charge on any atom is -0.380 e. The van der Waals surface area contributed by atoms with Gasteiger partial charge in [-0.05, 0) is 43.9 Å². The molecule has 0 radical (unpaired) electrons. The van der Waals surface area contributed by atoms with Crippen molar-refractivity contribution < 1.29 is 4.74 Å². The van der Waals surface area contributed by atoms with Crippen LogP contribution in [0.5, 0.6) is 0 Å². The Balaban J connectivity index is 1.75. The van der Waals surface area contributed by atoms with E-state index in [1.54, 1.807) is 0 Å². The Kier molecular flexibility index (Phi) is 2.86. The molecular formula is C10H20N2O. The third-order valence-corrected chi connectivity index (χ3v) is 3.56. The number of nitrogens with one attached hydrogen (secondary N) is 1. The molecule has 0 aromatic heterocycles. The van der Waals surface area contributed by atoms with Gasteiger partial charge in [0.1, 0.15) is 0 Å². The van der Waals surface area contributed by atoms with Crippen LogP contribution >= 0.6 is 0 Å². The smallest absolute Gasteiger partial charge is 0.0635 e. The lowest BCUT2D eigenvalue weighted by Crippen LogP contribution is -2.43. The fourth-order valence-electron chi connectivity index (χ4n) is 2.66. The maximum atomic E-state index is 5.52. The van der Waals surface area contributed by atoms with E-state index in [1.165, 1.54) is 19.3 Å². The lowest BCUT2D eigenvalue weighted by Gasteiger charge is -2.23. The molecule has 0 spiro atoms. The van der Waals surface area contributed by atoms with Crippen molar-refractivity contribution in [3.8, 4) is 0 Å².